The van der Waals surface area contributed by atoms with Crippen molar-refractivity contribution in [3.05, 3.63) is 24.3 Å². The molecule has 0 aliphatic carbocycles. The molecule has 0 spiro atoms. The highest BCUT2D eigenvalue weighted by atomic mass is 32.2. The molecule has 17 heavy (non-hydrogen) atoms. The SMILES string of the molecule is CC(C)CCN(C)S(=O)(=O)c1cccc(N)c1. The minimum Gasteiger partial charge on any atom is -0.399 e. The van der Waals surface area contributed by atoms with E-state index in [0.29, 0.717) is 18.2 Å². The van der Waals surface area contributed by atoms with E-state index in [2.05, 4.69) is 13.8 Å². The molecule has 96 valence electrons. The maximum atomic E-state index is 12.2. The van der Waals surface area contributed by atoms with Crippen LogP contribution in [0.25, 0.3) is 0 Å². The van der Waals surface area contributed by atoms with E-state index in [0.717, 1.165) is 6.42 Å². The lowest BCUT2D eigenvalue weighted by atomic mass is 10.1. The molecule has 1 aromatic rings. The number of hydrogen-bond acceptors (Lipinski definition) is 3. The maximum Gasteiger partial charge on any atom is 0.242 e. The third-order valence-electron chi connectivity index (χ3n) is 2.59. The van der Waals surface area contributed by atoms with Gasteiger partial charge in [0.25, 0.3) is 0 Å². The third-order valence-corrected chi connectivity index (χ3v) is 4.44. The van der Waals surface area contributed by atoms with Gasteiger partial charge < -0.3 is 5.73 Å². The quantitative estimate of drug-likeness (QED) is 0.819. The molecule has 0 aliphatic heterocycles. The molecular formula is C12H20N2O2S. The lowest BCUT2D eigenvalue weighted by Gasteiger charge is -2.18. The molecule has 0 aromatic heterocycles. The summed E-state index contributed by atoms with van der Waals surface area (Å²) in [7, 11) is -1.81. The Morgan fingerprint density at radius 2 is 2.00 bits per heavy atom. The number of benzene rings is 1. The molecular weight excluding hydrogens is 236 g/mol. The predicted octanol–water partition coefficient (Wildman–Crippen LogP) is 1.94. The van der Waals surface area contributed by atoms with Crippen LogP contribution in [0.15, 0.2) is 29.2 Å². The third kappa shape index (κ3) is 3.71. The van der Waals surface area contributed by atoms with Crippen molar-refractivity contribution in [1.82, 2.24) is 4.31 Å². The molecule has 0 atom stereocenters. The van der Waals surface area contributed by atoms with Gasteiger partial charge in [-0.15, -0.1) is 0 Å². The van der Waals surface area contributed by atoms with Gasteiger partial charge in [0.15, 0.2) is 0 Å². The van der Waals surface area contributed by atoms with Crippen molar-refractivity contribution in [1.29, 1.82) is 0 Å². The smallest absolute Gasteiger partial charge is 0.242 e. The maximum absolute atomic E-state index is 12.2. The van der Waals surface area contributed by atoms with Gasteiger partial charge in [-0.05, 0) is 30.5 Å². The van der Waals surface area contributed by atoms with Gasteiger partial charge in [0.2, 0.25) is 10.0 Å². The van der Waals surface area contributed by atoms with Gasteiger partial charge in [0.05, 0.1) is 4.90 Å². The normalized spacial score (nSPS) is 12.3. The van der Waals surface area contributed by atoms with Crippen LogP contribution in [0.2, 0.25) is 0 Å². The Labute approximate surface area is 103 Å². The van der Waals surface area contributed by atoms with E-state index in [4.69, 9.17) is 5.73 Å². The Morgan fingerprint density at radius 1 is 1.35 bits per heavy atom. The van der Waals surface area contributed by atoms with Crippen molar-refractivity contribution in [2.24, 2.45) is 5.92 Å². The first kappa shape index (κ1) is 14.0. The Bertz CT molecular complexity index is 469. The zero-order valence-corrected chi connectivity index (χ0v) is 11.4. The van der Waals surface area contributed by atoms with Gasteiger partial charge >= 0.3 is 0 Å². The highest BCUT2D eigenvalue weighted by Gasteiger charge is 2.20. The molecule has 0 radical (unpaired) electrons. The van der Waals surface area contributed by atoms with Crippen LogP contribution in [0.3, 0.4) is 0 Å². The van der Waals surface area contributed by atoms with Gasteiger partial charge in [0.1, 0.15) is 0 Å². The van der Waals surface area contributed by atoms with Crippen LogP contribution in [0, 0.1) is 5.92 Å². The lowest BCUT2D eigenvalue weighted by Crippen LogP contribution is -2.28. The van der Waals surface area contributed by atoms with Gasteiger partial charge in [-0.1, -0.05) is 19.9 Å². The monoisotopic (exact) mass is 256 g/mol. The molecule has 4 nitrogen and oxygen atoms in total. The van der Waals surface area contributed by atoms with E-state index < -0.39 is 10.0 Å². The van der Waals surface area contributed by atoms with Crippen LogP contribution in [-0.2, 0) is 10.0 Å². The Balaban J connectivity index is 2.88. The molecule has 1 rings (SSSR count). The zero-order chi connectivity index (χ0) is 13.1. The molecule has 0 saturated heterocycles. The molecule has 2 N–H and O–H groups in total. The summed E-state index contributed by atoms with van der Waals surface area (Å²) >= 11 is 0. The van der Waals surface area contributed by atoms with Crippen LogP contribution in [0.4, 0.5) is 5.69 Å². The average Bonchev–Trinajstić information content (AvgIpc) is 2.25. The van der Waals surface area contributed by atoms with Crippen molar-refractivity contribution < 1.29 is 8.42 Å². The number of nitrogens with zero attached hydrogens (tertiary/aromatic N) is 1. The molecule has 0 heterocycles. The van der Waals surface area contributed by atoms with E-state index in [1.54, 1.807) is 25.2 Å². The van der Waals surface area contributed by atoms with E-state index in [-0.39, 0.29) is 4.90 Å². The summed E-state index contributed by atoms with van der Waals surface area (Å²) in [4.78, 5) is 0.253. The molecule has 0 saturated carbocycles. The van der Waals surface area contributed by atoms with Gasteiger partial charge in [-0.3, -0.25) is 0 Å². The molecule has 5 heteroatoms. The number of sulfonamides is 1. The highest BCUT2D eigenvalue weighted by Crippen LogP contribution is 2.17. The lowest BCUT2D eigenvalue weighted by molar-refractivity contribution is 0.428. The minimum atomic E-state index is -3.40. The van der Waals surface area contributed by atoms with Crippen LogP contribution < -0.4 is 5.73 Å². The summed E-state index contributed by atoms with van der Waals surface area (Å²) < 4.78 is 25.7. The van der Waals surface area contributed by atoms with Crippen molar-refractivity contribution in [3.8, 4) is 0 Å². The fraction of sp³-hybridized carbons (Fsp3) is 0.500. The zero-order valence-electron chi connectivity index (χ0n) is 10.6. The van der Waals surface area contributed by atoms with Crippen LogP contribution >= 0.6 is 0 Å². The summed E-state index contributed by atoms with van der Waals surface area (Å²) in [5.74, 6) is 0.480. The molecule has 0 aliphatic rings. The second kappa shape index (κ2) is 5.51. The standard InChI is InChI=1S/C12H20N2O2S/c1-10(2)7-8-14(3)17(15,16)12-6-4-5-11(13)9-12/h4-6,9-10H,7-8,13H2,1-3H3. The number of anilines is 1. The number of hydrogen-bond donors (Lipinski definition) is 1. The second-order valence-electron chi connectivity index (χ2n) is 4.58. The summed E-state index contributed by atoms with van der Waals surface area (Å²) in [5.41, 5.74) is 6.06. The van der Waals surface area contributed by atoms with Crippen molar-refractivity contribution >= 4 is 15.7 Å². The molecule has 0 bridgehead atoms. The average molecular weight is 256 g/mol. The van der Waals surface area contributed by atoms with Crippen LogP contribution in [-0.4, -0.2) is 26.3 Å². The molecule has 0 amide bonds. The van der Waals surface area contributed by atoms with Gasteiger partial charge in [-0.2, -0.15) is 0 Å². The summed E-state index contributed by atoms with van der Waals surface area (Å²) in [6.07, 6.45) is 0.845. The number of nitrogen functional groups attached to an aromatic ring is 1. The predicted molar refractivity (Wildman–Crippen MR) is 70.1 cm³/mol. The first-order valence-electron chi connectivity index (χ1n) is 5.66. The Kier molecular flexibility index (Phi) is 4.54. The summed E-state index contributed by atoms with van der Waals surface area (Å²) in [6, 6.07) is 6.38. The van der Waals surface area contributed by atoms with E-state index in [9.17, 15) is 8.42 Å². The molecule has 0 unspecified atom stereocenters. The Hall–Kier alpha value is -1.07. The Morgan fingerprint density at radius 3 is 2.53 bits per heavy atom. The first-order valence-corrected chi connectivity index (χ1v) is 7.10. The van der Waals surface area contributed by atoms with E-state index in [1.807, 2.05) is 0 Å². The van der Waals surface area contributed by atoms with Crippen LogP contribution in [0.5, 0.6) is 0 Å². The van der Waals surface area contributed by atoms with E-state index >= 15 is 0 Å². The van der Waals surface area contributed by atoms with Crippen molar-refractivity contribution in [2.45, 2.75) is 25.2 Å². The second-order valence-corrected chi connectivity index (χ2v) is 6.63. The summed E-state index contributed by atoms with van der Waals surface area (Å²) in [6.45, 7) is 4.66. The molecule has 1 aromatic carbocycles. The number of rotatable bonds is 5. The molecule has 0 fully saturated rings. The topological polar surface area (TPSA) is 63.4 Å². The van der Waals surface area contributed by atoms with E-state index in [1.165, 1.54) is 10.4 Å². The highest BCUT2D eigenvalue weighted by molar-refractivity contribution is 7.89. The van der Waals surface area contributed by atoms with Crippen molar-refractivity contribution in [3.63, 3.8) is 0 Å². The minimum absolute atomic E-state index is 0.253. The van der Waals surface area contributed by atoms with Gasteiger partial charge in [-0.25, -0.2) is 12.7 Å². The first-order chi connectivity index (χ1) is 7.84. The van der Waals surface area contributed by atoms with Crippen LogP contribution in [0.1, 0.15) is 20.3 Å². The largest absolute Gasteiger partial charge is 0.399 e. The van der Waals surface area contributed by atoms with Gasteiger partial charge in [0, 0.05) is 19.3 Å². The number of nitrogens with two attached hydrogens (primary N) is 1. The van der Waals surface area contributed by atoms with Crippen molar-refractivity contribution in [2.75, 3.05) is 19.3 Å². The summed E-state index contributed by atoms with van der Waals surface area (Å²) in [5, 5.41) is 0. The fourth-order valence-electron chi connectivity index (χ4n) is 1.42. The fourth-order valence-corrected chi connectivity index (χ4v) is 2.66.